The molecule has 1 aromatic rings. The van der Waals surface area contributed by atoms with Gasteiger partial charge < -0.3 is 9.64 Å². The molecule has 2 atom stereocenters. The lowest BCUT2D eigenvalue weighted by atomic mass is 10.1. The molecule has 1 saturated carbocycles. The molecule has 1 aromatic carbocycles. The van der Waals surface area contributed by atoms with E-state index in [-0.39, 0.29) is 23.7 Å². The summed E-state index contributed by atoms with van der Waals surface area (Å²) in [5.41, 5.74) is 0.739. The molecule has 2 saturated heterocycles. The predicted molar refractivity (Wildman–Crippen MR) is 80.0 cm³/mol. The highest BCUT2D eigenvalue weighted by Crippen LogP contribution is 2.46. The highest BCUT2D eigenvalue weighted by atomic mass is 35.5. The van der Waals surface area contributed by atoms with Crippen LogP contribution >= 0.6 is 11.6 Å². The van der Waals surface area contributed by atoms with Crippen molar-refractivity contribution in [2.24, 2.45) is 0 Å². The molecule has 2 heterocycles. The van der Waals surface area contributed by atoms with Crippen molar-refractivity contribution in [3.8, 4) is 0 Å². The van der Waals surface area contributed by atoms with Gasteiger partial charge in [0.05, 0.1) is 6.10 Å². The van der Waals surface area contributed by atoms with Crippen molar-refractivity contribution < 1.29 is 9.53 Å². The third-order valence-corrected chi connectivity index (χ3v) is 4.97. The minimum absolute atomic E-state index is 0.0806. The van der Waals surface area contributed by atoms with E-state index in [2.05, 4.69) is 5.32 Å². The first-order valence-electron chi connectivity index (χ1n) is 7.64. The maximum absolute atomic E-state index is 12.7. The van der Waals surface area contributed by atoms with Gasteiger partial charge in [-0.2, -0.15) is 0 Å². The summed E-state index contributed by atoms with van der Waals surface area (Å²) in [5.74, 6) is 0.225. The summed E-state index contributed by atoms with van der Waals surface area (Å²) in [6, 6.07) is 7.77. The van der Waals surface area contributed by atoms with Crippen LogP contribution in [0.5, 0.6) is 0 Å². The fraction of sp³-hybridized carbons (Fsp3) is 0.562. The number of amides is 1. The Morgan fingerprint density at radius 3 is 2.95 bits per heavy atom. The van der Waals surface area contributed by atoms with E-state index in [1.807, 2.05) is 29.2 Å². The van der Waals surface area contributed by atoms with Crippen LogP contribution in [0.2, 0.25) is 5.02 Å². The Hall–Kier alpha value is -1.10. The van der Waals surface area contributed by atoms with Gasteiger partial charge in [0, 0.05) is 18.2 Å². The Labute approximate surface area is 129 Å². The number of nitrogens with zero attached hydrogens (tertiary/aromatic N) is 1. The number of ether oxygens (including phenoxy) is 1. The molecule has 5 heteroatoms. The third-order valence-electron chi connectivity index (χ3n) is 4.73. The van der Waals surface area contributed by atoms with Gasteiger partial charge in [-0.25, -0.2) is 0 Å². The second-order valence-electron chi connectivity index (χ2n) is 6.28. The summed E-state index contributed by atoms with van der Waals surface area (Å²) >= 11 is 6.11. The monoisotopic (exact) mass is 306 g/mol. The zero-order valence-corrected chi connectivity index (χ0v) is 12.6. The number of benzene rings is 1. The van der Waals surface area contributed by atoms with Gasteiger partial charge in [0.15, 0.2) is 0 Å². The first kappa shape index (κ1) is 13.6. The van der Waals surface area contributed by atoms with Crippen molar-refractivity contribution in [3.05, 3.63) is 34.9 Å². The molecule has 1 aliphatic carbocycles. The van der Waals surface area contributed by atoms with Gasteiger partial charge in [-0.05, 0) is 43.4 Å². The van der Waals surface area contributed by atoms with Crippen LogP contribution in [0.25, 0.3) is 0 Å². The van der Waals surface area contributed by atoms with Crippen molar-refractivity contribution in [1.29, 1.82) is 0 Å². The first-order valence-corrected chi connectivity index (χ1v) is 8.02. The van der Waals surface area contributed by atoms with E-state index in [1.165, 1.54) is 0 Å². The fourth-order valence-electron chi connectivity index (χ4n) is 3.41. The van der Waals surface area contributed by atoms with Gasteiger partial charge in [0.1, 0.15) is 11.7 Å². The Kier molecular flexibility index (Phi) is 3.21. The standard InChI is InChI=1S/C16H19ClN2O2/c17-12-4-1-3-11(9-12)14-18-16(6-7-16)15(20)19(14)10-13-5-2-8-21-13/h1,3-4,9,13-14,18H,2,5-8,10H2. The molecule has 1 amide bonds. The fourth-order valence-corrected chi connectivity index (χ4v) is 3.61. The SMILES string of the molecule is O=C1N(CC2CCCO2)C(c2cccc(Cl)c2)NC12CC2. The molecule has 0 aromatic heterocycles. The number of carbonyl (C=O) groups is 1. The highest BCUT2D eigenvalue weighted by molar-refractivity contribution is 6.30. The number of rotatable bonds is 3. The average molecular weight is 307 g/mol. The normalized spacial score (nSPS) is 30.3. The van der Waals surface area contributed by atoms with Crippen molar-refractivity contribution in [1.82, 2.24) is 10.2 Å². The number of hydrogen-bond acceptors (Lipinski definition) is 3. The van der Waals surface area contributed by atoms with Crippen molar-refractivity contribution >= 4 is 17.5 Å². The summed E-state index contributed by atoms with van der Waals surface area (Å²) in [7, 11) is 0. The number of hydrogen-bond donors (Lipinski definition) is 1. The number of carbonyl (C=O) groups excluding carboxylic acids is 1. The second-order valence-corrected chi connectivity index (χ2v) is 6.71. The molecule has 4 nitrogen and oxygen atoms in total. The lowest BCUT2D eigenvalue weighted by Crippen LogP contribution is -2.37. The van der Waals surface area contributed by atoms with Crippen molar-refractivity contribution in [2.45, 2.75) is 43.5 Å². The largest absolute Gasteiger partial charge is 0.376 e. The van der Waals surface area contributed by atoms with E-state index < -0.39 is 0 Å². The van der Waals surface area contributed by atoms with E-state index in [1.54, 1.807) is 0 Å². The summed E-state index contributed by atoms with van der Waals surface area (Å²) in [5, 5.41) is 4.23. The van der Waals surface area contributed by atoms with Crippen LogP contribution < -0.4 is 5.32 Å². The maximum atomic E-state index is 12.7. The van der Waals surface area contributed by atoms with E-state index in [0.29, 0.717) is 11.6 Å². The highest BCUT2D eigenvalue weighted by Gasteiger charge is 2.59. The Morgan fingerprint density at radius 2 is 2.29 bits per heavy atom. The molecule has 0 radical (unpaired) electrons. The first-order chi connectivity index (χ1) is 10.2. The molecular formula is C16H19ClN2O2. The lowest BCUT2D eigenvalue weighted by molar-refractivity contribution is -0.132. The van der Waals surface area contributed by atoms with Crippen LogP contribution in [-0.4, -0.2) is 35.6 Å². The molecule has 112 valence electrons. The van der Waals surface area contributed by atoms with Gasteiger partial charge in [0.2, 0.25) is 5.91 Å². The molecule has 1 N–H and O–H groups in total. The molecule has 1 spiro atoms. The quantitative estimate of drug-likeness (QED) is 0.933. The van der Waals surface area contributed by atoms with E-state index in [0.717, 1.165) is 37.9 Å². The summed E-state index contributed by atoms with van der Waals surface area (Å²) in [6.07, 6.45) is 4.09. The van der Waals surface area contributed by atoms with E-state index >= 15 is 0 Å². The van der Waals surface area contributed by atoms with Crippen LogP contribution in [0.1, 0.15) is 37.4 Å². The smallest absolute Gasteiger partial charge is 0.244 e. The van der Waals surface area contributed by atoms with Gasteiger partial charge in [0.25, 0.3) is 0 Å². The molecule has 0 bridgehead atoms. The maximum Gasteiger partial charge on any atom is 0.244 e. The van der Waals surface area contributed by atoms with Crippen LogP contribution in [-0.2, 0) is 9.53 Å². The predicted octanol–water partition coefficient (Wildman–Crippen LogP) is 2.48. The van der Waals surface area contributed by atoms with Gasteiger partial charge >= 0.3 is 0 Å². The molecule has 3 fully saturated rings. The molecular weight excluding hydrogens is 288 g/mol. The molecule has 2 unspecified atom stereocenters. The zero-order valence-electron chi connectivity index (χ0n) is 11.8. The van der Waals surface area contributed by atoms with Crippen molar-refractivity contribution in [2.75, 3.05) is 13.2 Å². The van der Waals surface area contributed by atoms with Gasteiger partial charge in [-0.1, -0.05) is 23.7 Å². The molecule has 4 rings (SSSR count). The Bertz CT molecular complexity index is 567. The minimum atomic E-state index is -0.314. The summed E-state index contributed by atoms with van der Waals surface area (Å²) in [6.45, 7) is 1.48. The number of nitrogens with one attached hydrogen (secondary N) is 1. The summed E-state index contributed by atoms with van der Waals surface area (Å²) in [4.78, 5) is 14.7. The minimum Gasteiger partial charge on any atom is -0.376 e. The van der Waals surface area contributed by atoms with E-state index in [9.17, 15) is 4.79 Å². The third kappa shape index (κ3) is 2.35. The van der Waals surface area contributed by atoms with Gasteiger partial charge in [-0.15, -0.1) is 0 Å². The average Bonchev–Trinajstić information content (AvgIpc) is 2.98. The van der Waals surface area contributed by atoms with Crippen LogP contribution in [0, 0.1) is 0 Å². The lowest BCUT2D eigenvalue weighted by Gasteiger charge is -2.27. The van der Waals surface area contributed by atoms with Crippen molar-refractivity contribution in [3.63, 3.8) is 0 Å². The molecule has 21 heavy (non-hydrogen) atoms. The zero-order chi connectivity index (χ0) is 14.4. The second kappa shape index (κ2) is 4.97. The Morgan fingerprint density at radius 1 is 1.43 bits per heavy atom. The van der Waals surface area contributed by atoms with E-state index in [4.69, 9.17) is 16.3 Å². The Balaban J connectivity index is 1.61. The molecule has 2 aliphatic heterocycles. The summed E-state index contributed by atoms with van der Waals surface area (Å²) < 4.78 is 5.71. The van der Waals surface area contributed by atoms with Crippen LogP contribution in [0.4, 0.5) is 0 Å². The number of halogens is 1. The van der Waals surface area contributed by atoms with Crippen LogP contribution in [0.15, 0.2) is 24.3 Å². The topological polar surface area (TPSA) is 41.6 Å². The molecule has 3 aliphatic rings. The van der Waals surface area contributed by atoms with Crippen LogP contribution in [0.3, 0.4) is 0 Å². The van der Waals surface area contributed by atoms with Gasteiger partial charge in [-0.3, -0.25) is 10.1 Å².